The molecule has 1 heterocycles. The molecule has 27 heavy (non-hydrogen) atoms. The molecule has 140 valence electrons. The fourth-order valence-electron chi connectivity index (χ4n) is 2.76. The van der Waals surface area contributed by atoms with Crippen molar-refractivity contribution in [1.29, 1.82) is 0 Å². The van der Waals surface area contributed by atoms with E-state index < -0.39 is 0 Å². The smallest absolute Gasteiger partial charge is 0.225 e. The molecule has 0 fully saturated rings. The number of hydrogen-bond acceptors (Lipinski definition) is 5. The summed E-state index contributed by atoms with van der Waals surface area (Å²) < 4.78 is 5.40. The number of aromatic nitrogens is 2. The van der Waals surface area contributed by atoms with Gasteiger partial charge in [-0.2, -0.15) is 4.98 Å². The fourth-order valence-corrected chi connectivity index (χ4v) is 2.88. The zero-order valence-electron chi connectivity index (χ0n) is 15.5. The standard InChI is InChI=1S/C21H23ClN4O/c1-15-13-20(23-12-11-17-5-3-4-6-19(17)27-2)26-21(25-15)24-14-16-7-9-18(22)10-8-16/h3-10,13H,11-12,14H2,1-2H3,(H2,23,24,25,26). The predicted octanol–water partition coefficient (Wildman–Crippen LogP) is 4.71. The SMILES string of the molecule is COc1ccccc1CCNc1cc(C)nc(NCc2ccc(Cl)cc2)n1. The minimum Gasteiger partial charge on any atom is -0.496 e. The summed E-state index contributed by atoms with van der Waals surface area (Å²) >= 11 is 5.92. The summed E-state index contributed by atoms with van der Waals surface area (Å²) in [7, 11) is 1.69. The van der Waals surface area contributed by atoms with E-state index in [4.69, 9.17) is 16.3 Å². The zero-order valence-corrected chi connectivity index (χ0v) is 16.3. The molecule has 5 nitrogen and oxygen atoms in total. The average molecular weight is 383 g/mol. The molecule has 2 aromatic carbocycles. The monoisotopic (exact) mass is 382 g/mol. The van der Waals surface area contributed by atoms with Crippen molar-refractivity contribution < 1.29 is 4.74 Å². The van der Waals surface area contributed by atoms with Gasteiger partial charge in [0.15, 0.2) is 0 Å². The Morgan fingerprint density at radius 2 is 1.78 bits per heavy atom. The van der Waals surface area contributed by atoms with Crippen molar-refractivity contribution in [2.75, 3.05) is 24.3 Å². The molecule has 0 aliphatic heterocycles. The van der Waals surface area contributed by atoms with Gasteiger partial charge in [0.05, 0.1) is 7.11 Å². The number of aryl methyl sites for hydroxylation is 1. The number of halogens is 1. The number of methoxy groups -OCH3 is 1. The molecule has 0 bridgehead atoms. The van der Waals surface area contributed by atoms with Crippen molar-refractivity contribution in [1.82, 2.24) is 9.97 Å². The number of rotatable bonds is 8. The van der Waals surface area contributed by atoms with Crippen LogP contribution < -0.4 is 15.4 Å². The highest BCUT2D eigenvalue weighted by molar-refractivity contribution is 6.30. The molecule has 3 aromatic rings. The lowest BCUT2D eigenvalue weighted by Crippen LogP contribution is -2.10. The molecule has 0 aliphatic carbocycles. The Labute approximate surface area is 164 Å². The molecule has 0 amide bonds. The number of benzene rings is 2. The van der Waals surface area contributed by atoms with Crippen molar-refractivity contribution in [2.24, 2.45) is 0 Å². The number of hydrogen-bond donors (Lipinski definition) is 2. The average Bonchev–Trinajstić information content (AvgIpc) is 2.67. The normalized spacial score (nSPS) is 10.5. The van der Waals surface area contributed by atoms with Gasteiger partial charge in [0.2, 0.25) is 5.95 Å². The second kappa shape index (κ2) is 9.24. The van der Waals surface area contributed by atoms with Crippen LogP contribution in [-0.4, -0.2) is 23.6 Å². The van der Waals surface area contributed by atoms with Crippen LogP contribution in [0.15, 0.2) is 54.6 Å². The number of nitrogens with one attached hydrogen (secondary N) is 2. The van der Waals surface area contributed by atoms with E-state index in [1.165, 1.54) is 5.56 Å². The zero-order chi connectivity index (χ0) is 19.1. The van der Waals surface area contributed by atoms with Crippen molar-refractivity contribution in [3.63, 3.8) is 0 Å². The molecular weight excluding hydrogens is 360 g/mol. The van der Waals surface area contributed by atoms with Crippen LogP contribution in [0.1, 0.15) is 16.8 Å². The van der Waals surface area contributed by atoms with Crippen molar-refractivity contribution >= 4 is 23.4 Å². The van der Waals surface area contributed by atoms with Crippen LogP contribution in [0, 0.1) is 6.92 Å². The molecule has 0 spiro atoms. The lowest BCUT2D eigenvalue weighted by molar-refractivity contribution is 0.410. The number of ether oxygens (including phenoxy) is 1. The van der Waals surface area contributed by atoms with E-state index in [0.717, 1.165) is 40.8 Å². The summed E-state index contributed by atoms with van der Waals surface area (Å²) in [5, 5.41) is 7.36. The van der Waals surface area contributed by atoms with E-state index in [9.17, 15) is 0 Å². The Bertz CT molecular complexity index is 884. The summed E-state index contributed by atoms with van der Waals surface area (Å²) in [6.45, 7) is 3.36. The van der Waals surface area contributed by atoms with Crippen LogP contribution in [0.25, 0.3) is 0 Å². The van der Waals surface area contributed by atoms with E-state index in [1.54, 1.807) is 7.11 Å². The Morgan fingerprint density at radius 3 is 2.56 bits per heavy atom. The summed E-state index contributed by atoms with van der Waals surface area (Å²) in [5.41, 5.74) is 3.19. The molecule has 0 aliphatic rings. The molecule has 3 rings (SSSR count). The van der Waals surface area contributed by atoms with Crippen LogP contribution in [-0.2, 0) is 13.0 Å². The van der Waals surface area contributed by atoms with Crippen LogP contribution in [0.2, 0.25) is 5.02 Å². The van der Waals surface area contributed by atoms with Gasteiger partial charge >= 0.3 is 0 Å². The Hall–Kier alpha value is -2.79. The van der Waals surface area contributed by atoms with Gasteiger partial charge in [-0.1, -0.05) is 41.9 Å². The van der Waals surface area contributed by atoms with Gasteiger partial charge in [0.25, 0.3) is 0 Å². The fraction of sp³-hybridized carbons (Fsp3) is 0.238. The molecule has 0 unspecified atom stereocenters. The largest absolute Gasteiger partial charge is 0.496 e. The summed E-state index contributed by atoms with van der Waals surface area (Å²) in [4.78, 5) is 9.00. The van der Waals surface area contributed by atoms with Gasteiger partial charge in [-0.05, 0) is 42.7 Å². The highest BCUT2D eigenvalue weighted by Gasteiger charge is 2.04. The first kappa shape index (κ1) is 19.0. The number of anilines is 2. The third kappa shape index (κ3) is 5.59. The summed E-state index contributed by atoms with van der Waals surface area (Å²) in [5.74, 6) is 2.31. The molecule has 6 heteroatoms. The Kier molecular flexibility index (Phi) is 6.49. The van der Waals surface area contributed by atoms with Gasteiger partial charge in [-0.15, -0.1) is 0 Å². The van der Waals surface area contributed by atoms with Crippen LogP contribution in [0.4, 0.5) is 11.8 Å². The quantitative estimate of drug-likeness (QED) is 0.590. The highest BCUT2D eigenvalue weighted by atomic mass is 35.5. The van der Waals surface area contributed by atoms with E-state index in [1.807, 2.05) is 55.5 Å². The van der Waals surface area contributed by atoms with E-state index in [-0.39, 0.29) is 0 Å². The topological polar surface area (TPSA) is 59.1 Å². The molecule has 0 radical (unpaired) electrons. The van der Waals surface area contributed by atoms with Gasteiger partial charge in [0, 0.05) is 29.9 Å². The third-order valence-corrected chi connectivity index (χ3v) is 4.36. The molecule has 0 atom stereocenters. The number of nitrogens with zero attached hydrogens (tertiary/aromatic N) is 2. The van der Waals surface area contributed by atoms with E-state index >= 15 is 0 Å². The maximum absolute atomic E-state index is 5.92. The first-order valence-electron chi connectivity index (χ1n) is 8.84. The molecule has 2 N–H and O–H groups in total. The van der Waals surface area contributed by atoms with Gasteiger partial charge in [-0.25, -0.2) is 4.98 Å². The first-order chi connectivity index (χ1) is 13.1. The van der Waals surface area contributed by atoms with Gasteiger partial charge < -0.3 is 15.4 Å². The molecule has 1 aromatic heterocycles. The maximum atomic E-state index is 5.92. The highest BCUT2D eigenvalue weighted by Crippen LogP contribution is 2.18. The third-order valence-electron chi connectivity index (χ3n) is 4.11. The summed E-state index contributed by atoms with van der Waals surface area (Å²) in [6.07, 6.45) is 0.848. The molecule has 0 saturated heterocycles. The van der Waals surface area contributed by atoms with Crippen molar-refractivity contribution in [2.45, 2.75) is 19.9 Å². The van der Waals surface area contributed by atoms with Crippen LogP contribution in [0.3, 0.4) is 0 Å². The maximum Gasteiger partial charge on any atom is 0.225 e. The first-order valence-corrected chi connectivity index (χ1v) is 9.21. The Morgan fingerprint density at radius 1 is 1.00 bits per heavy atom. The van der Waals surface area contributed by atoms with Crippen molar-refractivity contribution in [3.05, 3.63) is 76.4 Å². The minimum absolute atomic E-state index is 0.602. The van der Waals surface area contributed by atoms with Crippen LogP contribution >= 0.6 is 11.6 Å². The minimum atomic E-state index is 0.602. The van der Waals surface area contributed by atoms with Gasteiger partial charge in [-0.3, -0.25) is 0 Å². The van der Waals surface area contributed by atoms with Gasteiger partial charge in [0.1, 0.15) is 11.6 Å². The van der Waals surface area contributed by atoms with Crippen molar-refractivity contribution in [3.8, 4) is 5.75 Å². The Balaban J connectivity index is 1.58. The second-order valence-corrected chi connectivity index (χ2v) is 6.62. The lowest BCUT2D eigenvalue weighted by atomic mass is 10.1. The summed E-state index contributed by atoms with van der Waals surface area (Å²) in [6, 6.07) is 17.7. The molecule has 0 saturated carbocycles. The van der Waals surface area contributed by atoms with E-state index in [2.05, 4.69) is 26.7 Å². The predicted molar refractivity (Wildman–Crippen MR) is 111 cm³/mol. The lowest BCUT2D eigenvalue weighted by Gasteiger charge is -2.11. The van der Waals surface area contributed by atoms with Crippen LogP contribution in [0.5, 0.6) is 5.75 Å². The second-order valence-electron chi connectivity index (χ2n) is 6.19. The van der Waals surface area contributed by atoms with E-state index in [0.29, 0.717) is 12.5 Å². The number of para-hydroxylation sites is 1. The molecular formula is C21H23ClN4O.